The highest BCUT2D eigenvalue weighted by molar-refractivity contribution is 5.94. The van der Waals surface area contributed by atoms with E-state index in [1.54, 1.807) is 0 Å². The van der Waals surface area contributed by atoms with E-state index in [2.05, 4.69) is 68.0 Å². The predicted octanol–water partition coefficient (Wildman–Crippen LogP) is 4.10. The summed E-state index contributed by atoms with van der Waals surface area (Å²) in [7, 11) is 0. The molecule has 0 aliphatic heterocycles. The number of aryl methyl sites for hydroxylation is 1. The van der Waals surface area contributed by atoms with Crippen LogP contribution in [0.2, 0.25) is 0 Å². The SMILES string of the molecule is Cc1ccc(C2=Cc3ccccc3[CH]2)cc1. The minimum atomic E-state index is 1.29. The molecule has 77 valence electrons. The Bertz CT molecular complexity index is 545. The zero-order valence-corrected chi connectivity index (χ0v) is 9.27. The second kappa shape index (κ2) is 3.64. The molecule has 2 aromatic rings. The Morgan fingerprint density at radius 3 is 2.12 bits per heavy atom. The lowest BCUT2D eigenvalue weighted by molar-refractivity contribution is 1.45. The molecule has 0 N–H and O–H groups in total. The van der Waals surface area contributed by atoms with Gasteiger partial charge < -0.3 is 0 Å². The Balaban J connectivity index is 1.98. The van der Waals surface area contributed by atoms with Gasteiger partial charge >= 0.3 is 0 Å². The molecule has 0 fully saturated rings. The molecule has 3 rings (SSSR count). The smallest absolute Gasteiger partial charge is 0.0211 e. The highest BCUT2D eigenvalue weighted by Crippen LogP contribution is 2.32. The van der Waals surface area contributed by atoms with Gasteiger partial charge in [-0.3, -0.25) is 0 Å². The molecular weight excluding hydrogens is 192 g/mol. The van der Waals surface area contributed by atoms with E-state index < -0.39 is 0 Å². The van der Waals surface area contributed by atoms with Crippen molar-refractivity contribution in [2.75, 3.05) is 0 Å². The van der Waals surface area contributed by atoms with E-state index in [0.717, 1.165) is 0 Å². The maximum absolute atomic E-state index is 2.25. The quantitative estimate of drug-likeness (QED) is 0.657. The largest absolute Gasteiger partial charge is 0.0619 e. The number of hydrogen-bond acceptors (Lipinski definition) is 0. The molecule has 0 aromatic heterocycles. The second-order valence-electron chi connectivity index (χ2n) is 4.24. The minimum absolute atomic E-state index is 1.29. The van der Waals surface area contributed by atoms with Crippen molar-refractivity contribution in [3.05, 3.63) is 77.2 Å². The highest BCUT2D eigenvalue weighted by atomic mass is 14.2. The van der Waals surface area contributed by atoms with Crippen LogP contribution in [-0.2, 0) is 0 Å². The molecular formula is C16H13. The molecule has 0 saturated heterocycles. The molecule has 0 heterocycles. The van der Waals surface area contributed by atoms with Gasteiger partial charge in [0, 0.05) is 6.42 Å². The van der Waals surface area contributed by atoms with E-state index in [4.69, 9.17) is 0 Å². The van der Waals surface area contributed by atoms with Gasteiger partial charge in [0.2, 0.25) is 0 Å². The fraction of sp³-hybridized carbons (Fsp3) is 0.0625. The topological polar surface area (TPSA) is 0 Å². The first-order valence-corrected chi connectivity index (χ1v) is 5.55. The normalized spacial score (nSPS) is 13.4. The summed E-state index contributed by atoms with van der Waals surface area (Å²) in [5.41, 5.74) is 6.54. The molecule has 0 unspecified atom stereocenters. The fourth-order valence-electron chi connectivity index (χ4n) is 2.06. The standard InChI is InChI=1S/C16H13/c1-12-6-8-13(9-7-12)16-10-14-4-2-3-5-15(14)11-16/h2-11H,1H3. The van der Waals surface area contributed by atoms with Crippen LogP contribution in [-0.4, -0.2) is 0 Å². The molecule has 0 saturated carbocycles. The van der Waals surface area contributed by atoms with Crippen LogP contribution >= 0.6 is 0 Å². The number of allylic oxidation sites excluding steroid dienone is 1. The maximum Gasteiger partial charge on any atom is 0.0211 e. The molecule has 2 aromatic carbocycles. The van der Waals surface area contributed by atoms with Crippen LogP contribution in [0.5, 0.6) is 0 Å². The molecule has 1 radical (unpaired) electrons. The fourth-order valence-corrected chi connectivity index (χ4v) is 2.06. The predicted molar refractivity (Wildman–Crippen MR) is 68.9 cm³/mol. The molecule has 0 nitrogen and oxygen atoms in total. The van der Waals surface area contributed by atoms with Crippen molar-refractivity contribution in [1.82, 2.24) is 0 Å². The maximum atomic E-state index is 2.25. The summed E-state index contributed by atoms with van der Waals surface area (Å²) >= 11 is 0. The van der Waals surface area contributed by atoms with E-state index in [9.17, 15) is 0 Å². The summed E-state index contributed by atoms with van der Waals surface area (Å²) in [6.07, 6.45) is 4.50. The average molecular weight is 205 g/mol. The minimum Gasteiger partial charge on any atom is -0.0619 e. The van der Waals surface area contributed by atoms with Gasteiger partial charge in [0.05, 0.1) is 0 Å². The van der Waals surface area contributed by atoms with Crippen molar-refractivity contribution in [3.63, 3.8) is 0 Å². The highest BCUT2D eigenvalue weighted by Gasteiger charge is 2.13. The Morgan fingerprint density at radius 2 is 1.44 bits per heavy atom. The molecule has 1 aliphatic rings. The van der Waals surface area contributed by atoms with Crippen LogP contribution in [0, 0.1) is 13.3 Å². The molecule has 0 amide bonds. The third-order valence-electron chi connectivity index (χ3n) is 3.00. The van der Waals surface area contributed by atoms with E-state index >= 15 is 0 Å². The number of hydrogen-bond donors (Lipinski definition) is 0. The Kier molecular flexibility index (Phi) is 2.14. The van der Waals surface area contributed by atoms with Crippen molar-refractivity contribution in [3.8, 4) is 0 Å². The first kappa shape index (κ1) is 9.41. The molecule has 16 heavy (non-hydrogen) atoms. The van der Waals surface area contributed by atoms with Crippen molar-refractivity contribution in [2.24, 2.45) is 0 Å². The average Bonchev–Trinajstić information content (AvgIpc) is 2.73. The van der Waals surface area contributed by atoms with Crippen molar-refractivity contribution in [2.45, 2.75) is 6.92 Å². The third kappa shape index (κ3) is 1.57. The van der Waals surface area contributed by atoms with Gasteiger partial charge in [-0.2, -0.15) is 0 Å². The summed E-state index contributed by atoms with van der Waals surface area (Å²) in [6.45, 7) is 2.12. The lowest BCUT2D eigenvalue weighted by Gasteiger charge is -2.02. The van der Waals surface area contributed by atoms with E-state index in [0.29, 0.717) is 0 Å². The van der Waals surface area contributed by atoms with Gasteiger partial charge in [-0.15, -0.1) is 0 Å². The van der Waals surface area contributed by atoms with E-state index in [1.807, 2.05) is 0 Å². The molecule has 0 spiro atoms. The van der Waals surface area contributed by atoms with Crippen LogP contribution in [0.15, 0.2) is 48.5 Å². The summed E-state index contributed by atoms with van der Waals surface area (Å²) in [4.78, 5) is 0. The lowest BCUT2D eigenvalue weighted by Crippen LogP contribution is -1.83. The van der Waals surface area contributed by atoms with E-state index in [1.165, 1.54) is 27.8 Å². The zero-order valence-electron chi connectivity index (χ0n) is 9.27. The molecule has 0 bridgehead atoms. The number of benzene rings is 2. The molecule has 1 aliphatic carbocycles. The van der Waals surface area contributed by atoms with Crippen LogP contribution in [0.4, 0.5) is 0 Å². The van der Waals surface area contributed by atoms with Crippen LogP contribution in [0.25, 0.3) is 11.6 Å². The van der Waals surface area contributed by atoms with Crippen molar-refractivity contribution < 1.29 is 0 Å². The van der Waals surface area contributed by atoms with Gasteiger partial charge in [0.25, 0.3) is 0 Å². The molecule has 0 heteroatoms. The van der Waals surface area contributed by atoms with Gasteiger partial charge in [-0.1, -0.05) is 60.2 Å². The van der Waals surface area contributed by atoms with Gasteiger partial charge in [-0.05, 0) is 29.2 Å². The van der Waals surface area contributed by atoms with Crippen LogP contribution < -0.4 is 0 Å². The summed E-state index contributed by atoms with van der Waals surface area (Å²) in [5.74, 6) is 0. The Labute approximate surface area is 96.3 Å². The van der Waals surface area contributed by atoms with Crippen molar-refractivity contribution in [1.29, 1.82) is 0 Å². The van der Waals surface area contributed by atoms with Gasteiger partial charge in [-0.25, -0.2) is 0 Å². The summed E-state index contributed by atoms with van der Waals surface area (Å²) < 4.78 is 0. The molecule has 0 atom stereocenters. The van der Waals surface area contributed by atoms with Crippen molar-refractivity contribution >= 4 is 11.6 Å². The number of rotatable bonds is 1. The van der Waals surface area contributed by atoms with E-state index in [-0.39, 0.29) is 0 Å². The lowest BCUT2D eigenvalue weighted by atomic mass is 10.0. The monoisotopic (exact) mass is 205 g/mol. The summed E-state index contributed by atoms with van der Waals surface area (Å²) in [6, 6.07) is 17.2. The third-order valence-corrected chi connectivity index (χ3v) is 3.00. The first-order valence-electron chi connectivity index (χ1n) is 5.55. The zero-order chi connectivity index (χ0) is 11.0. The van der Waals surface area contributed by atoms with Gasteiger partial charge in [0.15, 0.2) is 0 Å². The Morgan fingerprint density at radius 1 is 0.750 bits per heavy atom. The second-order valence-corrected chi connectivity index (χ2v) is 4.24. The first-order chi connectivity index (χ1) is 7.83. The van der Waals surface area contributed by atoms with Gasteiger partial charge in [0.1, 0.15) is 0 Å². The summed E-state index contributed by atoms with van der Waals surface area (Å²) in [5, 5.41) is 0. The number of fused-ring (bicyclic) bond motifs is 1. The Hall–Kier alpha value is -1.82. The van der Waals surface area contributed by atoms with Crippen LogP contribution in [0.1, 0.15) is 22.3 Å². The van der Waals surface area contributed by atoms with Crippen LogP contribution in [0.3, 0.4) is 0 Å².